The topological polar surface area (TPSA) is 112 Å². The van der Waals surface area contributed by atoms with E-state index >= 15 is 0 Å². The SMILES string of the molecule is CN1CCN(C(=O)c2ccc3nc(NC(=O)c4ccc(N5CCCC5)c([N+](=O)[O-])c4)sc3c2)CC1. The highest BCUT2D eigenvalue weighted by atomic mass is 32.1. The summed E-state index contributed by atoms with van der Waals surface area (Å²) in [5, 5.41) is 14.8. The third-order valence-electron chi connectivity index (χ3n) is 6.53. The first-order valence-corrected chi connectivity index (χ1v) is 12.4. The number of hydrogen-bond acceptors (Lipinski definition) is 8. The average molecular weight is 495 g/mol. The van der Waals surface area contributed by atoms with Crippen molar-refractivity contribution in [3.63, 3.8) is 0 Å². The van der Waals surface area contributed by atoms with Crippen molar-refractivity contribution in [3.8, 4) is 0 Å². The second kappa shape index (κ2) is 9.59. The summed E-state index contributed by atoms with van der Waals surface area (Å²) >= 11 is 1.27. The number of anilines is 2. The number of amides is 2. The number of likely N-dealkylation sites (N-methyl/N-ethyl adjacent to an activating group) is 1. The van der Waals surface area contributed by atoms with Crippen molar-refractivity contribution in [1.29, 1.82) is 0 Å². The summed E-state index contributed by atoms with van der Waals surface area (Å²) in [5.74, 6) is -0.474. The molecule has 2 amide bonds. The van der Waals surface area contributed by atoms with Gasteiger partial charge in [0.25, 0.3) is 17.5 Å². The average Bonchev–Trinajstić information content (AvgIpc) is 3.53. The molecule has 2 aromatic carbocycles. The van der Waals surface area contributed by atoms with E-state index in [0.717, 1.165) is 43.7 Å². The Hall–Kier alpha value is -3.57. The molecule has 3 heterocycles. The second-order valence-corrected chi connectivity index (χ2v) is 9.94. The third kappa shape index (κ3) is 4.82. The number of nitrogens with one attached hydrogen (secondary N) is 1. The van der Waals surface area contributed by atoms with Crippen molar-refractivity contribution in [2.75, 3.05) is 56.5 Å². The highest BCUT2D eigenvalue weighted by Crippen LogP contribution is 2.32. The number of piperazine rings is 1. The Kier molecular flexibility index (Phi) is 6.35. The molecular formula is C24H26N6O4S. The van der Waals surface area contributed by atoms with Crippen LogP contribution < -0.4 is 10.2 Å². The fourth-order valence-corrected chi connectivity index (χ4v) is 5.41. The molecule has 11 heteroatoms. The normalized spacial score (nSPS) is 16.6. The Labute approximate surface area is 206 Å². The van der Waals surface area contributed by atoms with E-state index < -0.39 is 10.8 Å². The number of aromatic nitrogens is 1. The summed E-state index contributed by atoms with van der Waals surface area (Å²) in [6, 6.07) is 9.92. The molecule has 10 nitrogen and oxygen atoms in total. The molecule has 0 aliphatic carbocycles. The lowest BCUT2D eigenvalue weighted by molar-refractivity contribution is -0.384. The van der Waals surface area contributed by atoms with Crippen LogP contribution >= 0.6 is 11.3 Å². The van der Waals surface area contributed by atoms with Crippen molar-refractivity contribution in [1.82, 2.24) is 14.8 Å². The van der Waals surface area contributed by atoms with Crippen molar-refractivity contribution >= 4 is 49.9 Å². The monoisotopic (exact) mass is 494 g/mol. The third-order valence-corrected chi connectivity index (χ3v) is 7.46. The van der Waals surface area contributed by atoms with Gasteiger partial charge in [0.05, 0.1) is 15.1 Å². The molecule has 2 fully saturated rings. The summed E-state index contributed by atoms with van der Waals surface area (Å²) < 4.78 is 0.788. The maximum Gasteiger partial charge on any atom is 0.293 e. The fourth-order valence-electron chi connectivity index (χ4n) is 4.51. The number of carbonyl (C=O) groups is 2. The van der Waals surface area contributed by atoms with Crippen LogP contribution in [0.15, 0.2) is 36.4 Å². The molecular weight excluding hydrogens is 468 g/mol. The zero-order valence-corrected chi connectivity index (χ0v) is 20.2. The van der Waals surface area contributed by atoms with Gasteiger partial charge >= 0.3 is 0 Å². The number of nitro groups is 1. The molecule has 3 aromatic rings. The van der Waals surface area contributed by atoms with Gasteiger partial charge in [0.2, 0.25) is 0 Å². The molecule has 35 heavy (non-hydrogen) atoms. The molecule has 182 valence electrons. The predicted octanol–water partition coefficient (Wildman–Crippen LogP) is 3.44. The van der Waals surface area contributed by atoms with Gasteiger partial charge in [0.1, 0.15) is 5.69 Å². The van der Waals surface area contributed by atoms with Gasteiger partial charge in [-0.2, -0.15) is 0 Å². The molecule has 5 rings (SSSR count). The van der Waals surface area contributed by atoms with Crippen molar-refractivity contribution in [3.05, 3.63) is 57.6 Å². The number of nitro benzene ring substituents is 1. The van der Waals surface area contributed by atoms with Crippen molar-refractivity contribution in [2.24, 2.45) is 0 Å². The Morgan fingerprint density at radius 3 is 2.43 bits per heavy atom. The number of carbonyl (C=O) groups excluding carboxylic acids is 2. The van der Waals surface area contributed by atoms with E-state index in [4.69, 9.17) is 0 Å². The summed E-state index contributed by atoms with van der Waals surface area (Å²) in [5.41, 5.74) is 1.94. The minimum atomic E-state index is -0.464. The van der Waals surface area contributed by atoms with Crippen molar-refractivity contribution < 1.29 is 14.5 Å². The zero-order valence-electron chi connectivity index (χ0n) is 19.4. The van der Waals surface area contributed by atoms with Crippen LogP contribution in [-0.2, 0) is 0 Å². The van der Waals surface area contributed by atoms with Gasteiger partial charge in [-0.1, -0.05) is 11.3 Å². The van der Waals surface area contributed by atoms with Gasteiger partial charge in [-0.3, -0.25) is 25.0 Å². The molecule has 1 N–H and O–H groups in total. The number of benzene rings is 2. The van der Waals surface area contributed by atoms with Crippen LogP contribution in [-0.4, -0.2) is 77.8 Å². The first-order chi connectivity index (χ1) is 16.9. The van der Waals surface area contributed by atoms with Gasteiger partial charge in [0, 0.05) is 56.5 Å². The molecule has 0 unspecified atom stereocenters. The molecule has 2 aliphatic rings. The molecule has 0 bridgehead atoms. The lowest BCUT2D eigenvalue weighted by Gasteiger charge is -2.32. The second-order valence-electron chi connectivity index (χ2n) is 8.91. The highest BCUT2D eigenvalue weighted by molar-refractivity contribution is 7.22. The van der Waals surface area contributed by atoms with E-state index in [0.29, 0.717) is 35.0 Å². The molecule has 0 atom stereocenters. The van der Waals surface area contributed by atoms with Crippen LogP contribution in [0.2, 0.25) is 0 Å². The standard InChI is InChI=1S/C24H26N6O4S/c1-27-10-12-29(13-11-27)23(32)17-4-6-18-21(15-17)35-24(25-18)26-22(31)16-5-7-19(20(14-16)30(33)34)28-8-2-3-9-28/h4-7,14-15H,2-3,8-13H2,1H3,(H,25,26,31). The number of nitrogens with zero attached hydrogens (tertiary/aromatic N) is 5. The summed E-state index contributed by atoms with van der Waals surface area (Å²) in [6.07, 6.45) is 2.00. The van der Waals surface area contributed by atoms with Crippen LogP contribution in [0.5, 0.6) is 0 Å². The summed E-state index contributed by atoms with van der Waals surface area (Å²) in [7, 11) is 2.04. The molecule has 0 radical (unpaired) electrons. The zero-order chi connectivity index (χ0) is 24.5. The fraction of sp³-hybridized carbons (Fsp3) is 0.375. The number of rotatable bonds is 5. The van der Waals surface area contributed by atoms with Gasteiger partial charge in [-0.05, 0) is 50.2 Å². The molecule has 0 saturated carbocycles. The van der Waals surface area contributed by atoms with E-state index in [9.17, 15) is 19.7 Å². The largest absolute Gasteiger partial charge is 0.366 e. The maximum absolute atomic E-state index is 12.9. The Bertz CT molecular complexity index is 1290. The van der Waals surface area contributed by atoms with Gasteiger partial charge in [-0.25, -0.2) is 4.98 Å². The number of thiazole rings is 1. The minimum Gasteiger partial charge on any atom is -0.366 e. The maximum atomic E-state index is 12.9. The van der Waals surface area contributed by atoms with Gasteiger partial charge in [0.15, 0.2) is 5.13 Å². The minimum absolute atomic E-state index is 0.00983. The van der Waals surface area contributed by atoms with E-state index in [1.807, 2.05) is 16.8 Å². The quantitative estimate of drug-likeness (QED) is 0.427. The van der Waals surface area contributed by atoms with Crippen molar-refractivity contribution in [2.45, 2.75) is 12.8 Å². The molecule has 1 aromatic heterocycles. The van der Waals surface area contributed by atoms with Gasteiger partial charge < -0.3 is 14.7 Å². The number of fused-ring (bicyclic) bond motifs is 1. The summed E-state index contributed by atoms with van der Waals surface area (Å²) in [4.78, 5) is 47.4. The highest BCUT2D eigenvalue weighted by Gasteiger charge is 2.25. The van der Waals surface area contributed by atoms with Crippen LogP contribution in [0, 0.1) is 10.1 Å². The van der Waals surface area contributed by atoms with Crippen LogP contribution in [0.4, 0.5) is 16.5 Å². The molecule has 2 aliphatic heterocycles. The lowest BCUT2D eigenvalue weighted by Crippen LogP contribution is -2.47. The van der Waals surface area contributed by atoms with E-state index in [1.165, 1.54) is 17.4 Å². The molecule has 2 saturated heterocycles. The first kappa shape index (κ1) is 23.2. The first-order valence-electron chi connectivity index (χ1n) is 11.6. The Balaban J connectivity index is 1.33. The van der Waals surface area contributed by atoms with Gasteiger partial charge in [-0.15, -0.1) is 0 Å². The van der Waals surface area contributed by atoms with Crippen LogP contribution in [0.3, 0.4) is 0 Å². The smallest absolute Gasteiger partial charge is 0.293 e. The summed E-state index contributed by atoms with van der Waals surface area (Å²) in [6.45, 7) is 4.64. The van der Waals surface area contributed by atoms with Crippen LogP contribution in [0.1, 0.15) is 33.6 Å². The van der Waals surface area contributed by atoms with E-state index in [2.05, 4.69) is 15.2 Å². The van der Waals surface area contributed by atoms with E-state index in [1.54, 1.807) is 30.3 Å². The van der Waals surface area contributed by atoms with Crippen LogP contribution in [0.25, 0.3) is 10.2 Å². The molecule has 0 spiro atoms. The number of hydrogen-bond donors (Lipinski definition) is 1. The predicted molar refractivity (Wildman–Crippen MR) is 136 cm³/mol. The lowest BCUT2D eigenvalue weighted by atomic mass is 10.1. The van der Waals surface area contributed by atoms with E-state index in [-0.39, 0.29) is 17.2 Å². The Morgan fingerprint density at radius 2 is 1.71 bits per heavy atom. The Morgan fingerprint density at radius 1 is 1.00 bits per heavy atom.